The number of aromatic hydroxyl groups is 4. The van der Waals surface area contributed by atoms with Crippen molar-refractivity contribution >= 4 is 90.7 Å². The average Bonchev–Trinajstić information content (AvgIpc) is 4.41. The van der Waals surface area contributed by atoms with Gasteiger partial charge < -0.3 is 50.2 Å². The van der Waals surface area contributed by atoms with E-state index in [4.69, 9.17) is 19.1 Å². The molecule has 0 aliphatic carbocycles. The Morgan fingerprint density at radius 2 is 0.897 bits per heavy atom. The van der Waals surface area contributed by atoms with Crippen LogP contribution in [0.2, 0.25) is 0 Å². The standard InChI is InChI=1S/C61H48N6O9S2/c68-40-9-1-35(2-10-40)58-46-19-21-48(64-46)59(36-3-11-41(69)12-4-36)50-23-25-52(66-50)61(53-26-24-51(67-53)60(49-22-20-47(58)65-49)37-5-13-42(70)14-6-37)38-7-16-44(17-8-38)75-34-56(73)63-28-30-78-77-29-27-62-55(72)31-39-32-57(74)76-54-33-43(71)15-18-45(39)54/h1-26,32-33,64,67-71H,27-31,34H2,(H,62,72)(H,63,73). The van der Waals surface area contributed by atoms with E-state index in [0.717, 1.165) is 66.6 Å². The zero-order valence-electron chi connectivity index (χ0n) is 41.4. The first kappa shape index (κ1) is 50.7. The number of hydrogen-bond acceptors (Lipinski definition) is 13. The van der Waals surface area contributed by atoms with Gasteiger partial charge in [-0.3, -0.25) is 9.59 Å². The molecular formula is C61H48N6O9S2. The minimum atomic E-state index is -0.597. The summed E-state index contributed by atoms with van der Waals surface area (Å²) in [4.78, 5) is 55.5. The number of nitrogens with zero attached hydrogens (tertiary/aromatic N) is 2. The van der Waals surface area contributed by atoms with Crippen LogP contribution in [-0.4, -0.2) is 83.4 Å². The lowest BCUT2D eigenvalue weighted by molar-refractivity contribution is -0.123. The molecule has 11 rings (SSSR count). The van der Waals surface area contributed by atoms with Gasteiger partial charge in [-0.15, -0.1) is 0 Å². The van der Waals surface area contributed by atoms with Crippen LogP contribution in [0.5, 0.6) is 28.7 Å². The maximum absolute atomic E-state index is 12.9. The lowest BCUT2D eigenvalue weighted by atomic mass is 10.0. The van der Waals surface area contributed by atoms with Crippen molar-refractivity contribution in [1.29, 1.82) is 0 Å². The van der Waals surface area contributed by atoms with Gasteiger partial charge in [-0.1, -0.05) is 70.1 Å². The molecule has 0 atom stereocenters. The zero-order chi connectivity index (χ0) is 53.7. The number of hydrogen-bond donors (Lipinski definition) is 8. The minimum absolute atomic E-state index is 0.00611. The summed E-state index contributed by atoms with van der Waals surface area (Å²) >= 11 is 0. The summed E-state index contributed by atoms with van der Waals surface area (Å²) < 4.78 is 11.1. The topological polar surface area (TPSA) is 236 Å². The Labute approximate surface area is 453 Å². The number of ether oxygens (including phenoxy) is 1. The van der Waals surface area contributed by atoms with E-state index in [1.807, 2.05) is 109 Å². The number of H-pyrrole nitrogens is 2. The molecule has 2 aliphatic rings. The van der Waals surface area contributed by atoms with Crippen LogP contribution in [0.1, 0.15) is 28.3 Å². The number of carbonyl (C=O) groups excluding carboxylic acids is 2. The number of phenolic OH excluding ortho intramolecular Hbond substituents is 4. The first-order valence-corrected chi connectivity index (χ1v) is 27.3. The molecule has 6 heterocycles. The Kier molecular flexibility index (Phi) is 14.6. The summed E-state index contributed by atoms with van der Waals surface area (Å²) in [6.45, 7) is 0.644. The van der Waals surface area contributed by atoms with Gasteiger partial charge in [0.25, 0.3) is 5.91 Å². The van der Waals surface area contributed by atoms with Crippen molar-refractivity contribution < 1.29 is 39.2 Å². The van der Waals surface area contributed by atoms with E-state index in [2.05, 4.69) is 20.6 Å². The molecule has 2 aliphatic heterocycles. The second-order valence-electron chi connectivity index (χ2n) is 18.2. The fraction of sp³-hybridized carbons (Fsp3) is 0.0984. The van der Waals surface area contributed by atoms with Crippen molar-refractivity contribution in [3.05, 3.63) is 184 Å². The molecular weight excluding hydrogens is 1020 g/mol. The second kappa shape index (κ2) is 22.4. The number of aromatic nitrogens is 4. The molecule has 9 aromatic rings. The largest absolute Gasteiger partial charge is 0.508 e. The predicted molar refractivity (Wildman–Crippen MR) is 310 cm³/mol. The summed E-state index contributed by atoms with van der Waals surface area (Å²) in [5.41, 5.74) is 12.5. The lowest BCUT2D eigenvalue weighted by Gasteiger charge is -2.09. The van der Waals surface area contributed by atoms with Crippen LogP contribution in [-0.2, 0) is 16.0 Å². The van der Waals surface area contributed by atoms with Gasteiger partial charge in [-0.05, 0) is 137 Å². The maximum Gasteiger partial charge on any atom is 0.336 e. The monoisotopic (exact) mass is 1070 g/mol. The molecule has 17 heteroatoms. The Balaban J connectivity index is 0.834. The summed E-state index contributed by atoms with van der Waals surface area (Å²) in [5, 5.41) is 47.0. The van der Waals surface area contributed by atoms with Crippen LogP contribution in [0.25, 0.3) is 102 Å². The van der Waals surface area contributed by atoms with Gasteiger partial charge in [0, 0.05) is 86.4 Å². The summed E-state index contributed by atoms with van der Waals surface area (Å²) in [5.74, 6) is 1.61. The number of aromatic amines is 2. The van der Waals surface area contributed by atoms with Gasteiger partial charge in [0.15, 0.2) is 6.61 Å². The van der Waals surface area contributed by atoms with E-state index in [1.54, 1.807) is 64.1 Å². The quantitative estimate of drug-likeness (QED) is 0.0256. The third kappa shape index (κ3) is 11.2. The highest BCUT2D eigenvalue weighted by atomic mass is 33.1. The first-order chi connectivity index (χ1) is 38.0. The average molecular weight is 1070 g/mol. The Morgan fingerprint density at radius 1 is 0.500 bits per heavy atom. The third-order valence-corrected chi connectivity index (χ3v) is 15.4. The third-order valence-electron chi connectivity index (χ3n) is 13.0. The smallest absolute Gasteiger partial charge is 0.336 e. The van der Waals surface area contributed by atoms with E-state index >= 15 is 0 Å². The Morgan fingerprint density at radius 3 is 1.33 bits per heavy atom. The van der Waals surface area contributed by atoms with Crippen LogP contribution < -0.4 is 21.0 Å². The minimum Gasteiger partial charge on any atom is -0.508 e. The first-order valence-electron chi connectivity index (χ1n) is 24.8. The van der Waals surface area contributed by atoms with E-state index in [1.165, 1.54) is 18.2 Å². The highest BCUT2D eigenvalue weighted by Crippen LogP contribution is 2.39. The molecule has 8 N–H and O–H groups in total. The van der Waals surface area contributed by atoms with E-state index in [0.29, 0.717) is 64.1 Å². The van der Waals surface area contributed by atoms with Crippen molar-refractivity contribution in [2.45, 2.75) is 6.42 Å². The number of rotatable bonds is 16. The molecule has 8 bridgehead atoms. The molecule has 0 unspecified atom stereocenters. The van der Waals surface area contributed by atoms with Crippen LogP contribution in [0.4, 0.5) is 0 Å². The van der Waals surface area contributed by atoms with Gasteiger partial charge in [-0.2, -0.15) is 0 Å². The van der Waals surface area contributed by atoms with Crippen LogP contribution in [0, 0.1) is 0 Å². The van der Waals surface area contributed by atoms with Gasteiger partial charge in [0.2, 0.25) is 5.91 Å². The van der Waals surface area contributed by atoms with E-state index in [-0.39, 0.29) is 53.4 Å². The normalized spacial score (nSPS) is 11.7. The number of fused-ring (bicyclic) bond motifs is 9. The van der Waals surface area contributed by atoms with Crippen molar-refractivity contribution in [1.82, 2.24) is 30.6 Å². The summed E-state index contributed by atoms with van der Waals surface area (Å²) in [6.07, 6.45) is 7.90. The van der Waals surface area contributed by atoms with E-state index < -0.39 is 5.63 Å². The molecule has 5 aromatic carbocycles. The molecule has 0 spiro atoms. The second-order valence-corrected chi connectivity index (χ2v) is 21.0. The molecule has 388 valence electrons. The SMILES string of the molecule is O=C(COc1ccc(-c2c3nc(c(-c4ccc(O)cc4)c4ccc([nH]4)c(-c4ccc(O)cc4)c4nc(c(-c5ccc(O)cc5)c5ccc2[nH]5)C=C4)C=C3)cc1)NCCSSCCNC(=O)Cc1cc(=O)oc2cc(O)ccc12. The predicted octanol–water partition coefficient (Wildman–Crippen LogP) is 11.5. The molecule has 0 radical (unpaired) electrons. The van der Waals surface area contributed by atoms with Gasteiger partial charge >= 0.3 is 5.63 Å². The van der Waals surface area contributed by atoms with Crippen LogP contribution in [0.15, 0.2) is 155 Å². The Bertz CT molecular complexity index is 4010. The number of carbonyl (C=O) groups is 2. The summed E-state index contributed by atoms with van der Waals surface area (Å²) in [6, 6.07) is 42.3. The molecule has 0 saturated carbocycles. The lowest BCUT2D eigenvalue weighted by Crippen LogP contribution is -2.30. The number of benzene rings is 5. The van der Waals surface area contributed by atoms with Crippen molar-refractivity contribution in [3.63, 3.8) is 0 Å². The maximum atomic E-state index is 12.9. The highest BCUT2D eigenvalue weighted by Gasteiger charge is 2.20. The van der Waals surface area contributed by atoms with Crippen LogP contribution in [0.3, 0.4) is 0 Å². The van der Waals surface area contributed by atoms with Crippen molar-refractivity contribution in [3.8, 4) is 73.3 Å². The van der Waals surface area contributed by atoms with Gasteiger partial charge in [0.05, 0.1) is 29.2 Å². The molecule has 4 aromatic heterocycles. The highest BCUT2D eigenvalue weighted by molar-refractivity contribution is 8.76. The van der Waals surface area contributed by atoms with Crippen molar-refractivity contribution in [2.75, 3.05) is 31.2 Å². The number of nitrogens with one attached hydrogen (secondary N) is 4. The molecule has 0 saturated heterocycles. The van der Waals surface area contributed by atoms with E-state index in [9.17, 15) is 34.8 Å². The molecule has 2 amide bonds. The fourth-order valence-electron chi connectivity index (χ4n) is 9.40. The van der Waals surface area contributed by atoms with Gasteiger partial charge in [0.1, 0.15) is 34.3 Å². The molecule has 0 fully saturated rings. The number of phenols is 4. The Hall–Kier alpha value is -9.45. The fourth-order valence-corrected chi connectivity index (χ4v) is 11.2. The van der Waals surface area contributed by atoms with Crippen molar-refractivity contribution in [2.24, 2.45) is 0 Å². The zero-order valence-corrected chi connectivity index (χ0v) is 43.1. The summed E-state index contributed by atoms with van der Waals surface area (Å²) in [7, 11) is 3.13. The van der Waals surface area contributed by atoms with Gasteiger partial charge in [-0.25, -0.2) is 14.8 Å². The molecule has 78 heavy (non-hydrogen) atoms. The van der Waals surface area contributed by atoms with Crippen LogP contribution >= 0.6 is 21.6 Å². The number of amides is 2. The molecule has 15 nitrogen and oxygen atoms in total.